The molecule has 136 heavy (non-hydrogen) atoms. The number of hydrogen-bond donors (Lipinski definition) is 0. The number of hydrogen-bond acceptors (Lipinski definition) is 0. The first kappa shape index (κ1) is 93.3. The van der Waals surface area contributed by atoms with E-state index in [1.807, 2.05) is 0 Å². The van der Waals surface area contributed by atoms with Crippen molar-refractivity contribution >= 4 is 67.4 Å². The molecule has 0 radical (unpaired) electrons. The molecule has 1 unspecified atom stereocenters. The van der Waals surface area contributed by atoms with Gasteiger partial charge in [0.2, 0.25) is 0 Å². The Hall–Kier alpha value is -14.6. The number of allylic oxidation sites excluding steroid dienone is 8. The van der Waals surface area contributed by atoms with Crippen molar-refractivity contribution in [3.05, 3.63) is 570 Å². The Bertz CT molecular complexity index is 6840. The van der Waals surface area contributed by atoms with E-state index in [0.29, 0.717) is 5.92 Å². The van der Waals surface area contributed by atoms with Crippen molar-refractivity contribution in [3.63, 3.8) is 0 Å². The molecule has 0 N–H and O–H groups in total. The van der Waals surface area contributed by atoms with Gasteiger partial charge in [-0.2, -0.15) is 0 Å². The van der Waals surface area contributed by atoms with Crippen LogP contribution in [0.2, 0.25) is 0 Å². The van der Waals surface area contributed by atoms with E-state index in [4.69, 9.17) is 0 Å². The fraction of sp³-hybridized carbons (Fsp3) is 0.176. The third-order valence-corrected chi connectivity index (χ3v) is 27.9. The van der Waals surface area contributed by atoms with Gasteiger partial charge in [0.05, 0.1) is 0 Å². The van der Waals surface area contributed by atoms with Gasteiger partial charge >= 0.3 is 0 Å². The molecule has 0 bridgehead atoms. The second-order valence-corrected chi connectivity index (χ2v) is 36.9. The van der Waals surface area contributed by atoms with Crippen LogP contribution in [0, 0.1) is 5.92 Å². The number of rotatable bonds is 0. The highest BCUT2D eigenvalue weighted by atomic mass is 14.3. The zero-order valence-electron chi connectivity index (χ0n) is 77.8. The van der Waals surface area contributed by atoms with E-state index in [9.17, 15) is 0 Å². The minimum absolute atomic E-state index is 0. The molecule has 0 fully saturated rings. The molecule has 18 aromatic rings. The van der Waals surface area contributed by atoms with Crippen LogP contribution in [0.3, 0.4) is 0 Å². The molecule has 18 aromatic carbocycles. The van der Waals surface area contributed by atoms with E-state index >= 15 is 0 Å². The predicted molar refractivity (Wildman–Crippen MR) is 589 cm³/mol. The highest BCUT2D eigenvalue weighted by Gasteiger charge is 2.22. The maximum atomic E-state index is 2.48. The van der Waals surface area contributed by atoms with Crippen molar-refractivity contribution in [1.82, 2.24) is 0 Å². The van der Waals surface area contributed by atoms with Crippen LogP contribution in [-0.4, -0.2) is 0 Å². The van der Waals surface area contributed by atoms with Gasteiger partial charge in [-0.3, -0.25) is 0 Å². The van der Waals surface area contributed by atoms with Crippen molar-refractivity contribution in [2.45, 2.75) is 151 Å². The lowest BCUT2D eigenvalue weighted by molar-refractivity contribution is 0.897. The number of fused-ring (bicyclic) bond motifs is 22. The quantitative estimate of drug-likeness (QED) is 0.0806. The summed E-state index contributed by atoms with van der Waals surface area (Å²) in [5, 5.41) is 10.5. The third kappa shape index (κ3) is 22.7. The Morgan fingerprint density at radius 3 is 0.875 bits per heavy atom. The van der Waals surface area contributed by atoms with E-state index in [0.717, 1.165) is 44.9 Å². The van der Waals surface area contributed by atoms with E-state index in [2.05, 4.69) is 469 Å². The van der Waals surface area contributed by atoms with E-state index in [1.54, 1.807) is 27.8 Å². The van der Waals surface area contributed by atoms with Gasteiger partial charge in [0, 0.05) is 5.92 Å². The van der Waals surface area contributed by atoms with Crippen molar-refractivity contribution in [2.75, 3.05) is 0 Å². The summed E-state index contributed by atoms with van der Waals surface area (Å²) in [5.41, 5.74) is 43.1. The normalized spacial score (nSPS) is 14.2. The summed E-state index contributed by atoms with van der Waals surface area (Å²) in [6.07, 6.45) is 47.4. The average Bonchev–Trinajstić information content (AvgIpc) is 1.80. The van der Waals surface area contributed by atoms with E-state index < -0.39 is 0 Å². The van der Waals surface area contributed by atoms with Crippen molar-refractivity contribution in [3.8, 4) is 22.3 Å². The van der Waals surface area contributed by atoms with Crippen LogP contribution in [0.15, 0.2) is 436 Å². The Balaban J connectivity index is 0.000000105. The van der Waals surface area contributed by atoms with Gasteiger partial charge in [-0.15, -0.1) is 0 Å². The fourth-order valence-corrected chi connectivity index (χ4v) is 20.9. The maximum Gasteiger partial charge on any atom is 0.0166 e. The van der Waals surface area contributed by atoms with Crippen LogP contribution in [0.25, 0.3) is 89.6 Å². The summed E-state index contributed by atoms with van der Waals surface area (Å²) in [6.45, 7) is 4.25. The van der Waals surface area contributed by atoms with Gasteiger partial charge < -0.3 is 0 Å². The second-order valence-electron chi connectivity index (χ2n) is 36.9. The first-order valence-electron chi connectivity index (χ1n) is 49.2. The zero-order chi connectivity index (χ0) is 90.4. The molecule has 0 amide bonds. The molecule has 0 saturated heterocycles. The third-order valence-electron chi connectivity index (χ3n) is 27.9. The molecular weight excluding hydrogens is 1630 g/mol. The highest BCUT2D eigenvalue weighted by molar-refractivity contribution is 6.07. The average molecular weight is 1760 g/mol. The SMILES string of the molecule is C.C.C1=CC2C=CCC2=C1.C1=Cc2cc3c(cc2C1)C=CC3.C1=Cc2ccccc2Cc2ccccc21.CCC.c1c2c(cc3c1CCC3)CCC2.c1ccc2c(c1)CCc1ccccc1-2.c1ccc2c(c1)CCc1ccccc1C2.c1ccc2c(c1)Cc1ccccc1-2.c1ccc2c(c1)Cc1ccccc1C2.c1ccc2c(c1)ccc1ccccc12.c1ccc2cc3ccccc3cc2c1. The molecule has 29 rings (SSSR count). The van der Waals surface area contributed by atoms with Gasteiger partial charge in [-0.25, -0.2) is 0 Å². The molecule has 0 aromatic heterocycles. The van der Waals surface area contributed by atoms with Crippen LogP contribution in [0.1, 0.15) is 188 Å². The number of benzene rings is 18. The molecule has 0 heterocycles. The molecule has 11 aliphatic carbocycles. The summed E-state index contributed by atoms with van der Waals surface area (Å²) in [4.78, 5) is 0. The van der Waals surface area contributed by atoms with Crippen LogP contribution < -0.4 is 0 Å². The molecule has 0 saturated carbocycles. The molecule has 0 aliphatic heterocycles. The first-order valence-corrected chi connectivity index (χ1v) is 49.2. The molecular formula is C136H128. The monoisotopic (exact) mass is 1760 g/mol. The van der Waals surface area contributed by atoms with Crippen molar-refractivity contribution in [2.24, 2.45) is 5.92 Å². The van der Waals surface area contributed by atoms with Gasteiger partial charge in [0.1, 0.15) is 0 Å². The van der Waals surface area contributed by atoms with Crippen LogP contribution in [0.5, 0.6) is 0 Å². The largest absolute Gasteiger partial charge is 0.0835 e. The Labute approximate surface area is 810 Å². The standard InChI is InChI=1S/C15H14.C15H12.C14H12.C14H10.C14H12.C14H10.C13H10.C12H14.C12H10.C8H8.C3H8.2CH4/c2*1-3-7-14-11-15-8-4-2-6-13(15)10-9-12(14)5-1;2*1-3-7-13-11(5-1)9-10-12-6-2-4-8-14(12)13;2*1-2-6-12-10-14-8-4-3-7-13(14)9-11(12)5-1;1-3-7-12-10(5-1)9-11-6-2-4-8-13(11)12;2*1-3-9-7-11-5-2-6-12(11)8-10(9)4-1;1-3-7-5-2-6-8(7)4-1;1-3-2;;/h1-8H,9-11H2;1-10H,11H2;1-8H,9-10H2;1-10H;1-8H,9-10H2;1-10H;1-8H,9H2;7-8H,1-6H2;1-3,6-8H,4-5H2;1-5,7H,6H2;3H2,1-2H3;2*1H4. The Morgan fingerprint density at radius 2 is 0.493 bits per heavy atom. The maximum absolute atomic E-state index is 2.48. The van der Waals surface area contributed by atoms with Gasteiger partial charge in [-0.05, 0) is 327 Å². The Morgan fingerprint density at radius 1 is 0.206 bits per heavy atom. The minimum Gasteiger partial charge on any atom is -0.0835 e. The van der Waals surface area contributed by atoms with Crippen LogP contribution >= 0.6 is 0 Å². The summed E-state index contributed by atoms with van der Waals surface area (Å²) in [6, 6.07) is 139. The van der Waals surface area contributed by atoms with Gasteiger partial charge in [-0.1, -0.05) is 484 Å². The fourth-order valence-electron chi connectivity index (χ4n) is 20.9. The second kappa shape index (κ2) is 45.9. The summed E-state index contributed by atoms with van der Waals surface area (Å²) < 4.78 is 0. The lowest BCUT2D eigenvalue weighted by atomic mass is 9.86. The lowest BCUT2D eigenvalue weighted by Gasteiger charge is -2.19. The van der Waals surface area contributed by atoms with Gasteiger partial charge in [0.15, 0.2) is 0 Å². The first-order chi connectivity index (χ1) is 66.3. The van der Waals surface area contributed by atoms with Gasteiger partial charge in [0.25, 0.3) is 0 Å². The minimum atomic E-state index is 0. The Kier molecular flexibility index (Phi) is 31.5. The van der Waals surface area contributed by atoms with Crippen LogP contribution in [-0.2, 0) is 96.3 Å². The molecule has 0 nitrogen and oxygen atoms in total. The lowest BCUT2D eigenvalue weighted by Crippen LogP contribution is -2.06. The topological polar surface area (TPSA) is 0 Å². The molecule has 11 aliphatic rings. The van der Waals surface area contributed by atoms with Crippen LogP contribution in [0.4, 0.5) is 0 Å². The van der Waals surface area contributed by atoms with E-state index in [1.165, 1.54) is 254 Å². The number of aryl methyl sites for hydroxylation is 8. The van der Waals surface area contributed by atoms with Crippen molar-refractivity contribution < 1.29 is 0 Å². The summed E-state index contributed by atoms with van der Waals surface area (Å²) >= 11 is 0. The highest BCUT2D eigenvalue weighted by Crippen LogP contribution is 2.39. The predicted octanol–water partition coefficient (Wildman–Crippen LogP) is 35.3. The van der Waals surface area contributed by atoms with Crippen molar-refractivity contribution in [1.29, 1.82) is 0 Å². The smallest absolute Gasteiger partial charge is 0.0166 e. The molecule has 1 atom stereocenters. The molecule has 0 heteroatoms. The molecule has 0 spiro atoms. The zero-order valence-corrected chi connectivity index (χ0v) is 77.8. The van der Waals surface area contributed by atoms with E-state index in [-0.39, 0.29) is 14.9 Å². The summed E-state index contributed by atoms with van der Waals surface area (Å²) in [7, 11) is 0. The summed E-state index contributed by atoms with van der Waals surface area (Å²) in [5.74, 6) is 0.676. The molecule has 672 valence electrons.